The summed E-state index contributed by atoms with van der Waals surface area (Å²) in [6.45, 7) is 12.5. The number of aliphatic imine (C=N–C) groups is 2. The molecule has 0 amide bonds. The summed E-state index contributed by atoms with van der Waals surface area (Å²) in [6, 6.07) is 8.24. The number of hydrogen-bond donors (Lipinski definition) is 2. The second-order valence-corrected chi connectivity index (χ2v) is 9.87. The van der Waals surface area contributed by atoms with E-state index in [9.17, 15) is 10.2 Å². The molecule has 32 heavy (non-hydrogen) atoms. The van der Waals surface area contributed by atoms with Crippen LogP contribution in [0, 0.1) is 13.8 Å². The van der Waals surface area contributed by atoms with Crippen molar-refractivity contribution in [3.8, 4) is 11.5 Å². The van der Waals surface area contributed by atoms with E-state index in [1.54, 1.807) is 0 Å². The Kier molecular flexibility index (Phi) is 7.76. The van der Waals surface area contributed by atoms with Crippen LogP contribution in [0.3, 0.4) is 0 Å². The predicted octanol–water partition coefficient (Wildman–Crippen LogP) is 6.81. The summed E-state index contributed by atoms with van der Waals surface area (Å²) >= 11 is 0. The molecule has 1 saturated carbocycles. The number of benzene rings is 2. The van der Waals surface area contributed by atoms with Crippen LogP contribution < -0.4 is 0 Å². The van der Waals surface area contributed by atoms with E-state index in [0.29, 0.717) is 11.5 Å². The van der Waals surface area contributed by atoms with Crippen molar-refractivity contribution in [1.29, 1.82) is 0 Å². The van der Waals surface area contributed by atoms with E-state index >= 15 is 0 Å². The molecule has 3 rings (SSSR count). The minimum absolute atomic E-state index is 0.0823. The molecule has 1 aliphatic carbocycles. The lowest BCUT2D eigenvalue weighted by molar-refractivity contribution is 0.390. The number of hydrogen-bond acceptors (Lipinski definition) is 4. The first-order chi connectivity index (χ1) is 15.2. The van der Waals surface area contributed by atoms with Crippen LogP contribution >= 0.6 is 0 Å². The van der Waals surface area contributed by atoms with Gasteiger partial charge in [0.05, 0.1) is 12.1 Å². The Bertz CT molecular complexity index is 923. The van der Waals surface area contributed by atoms with E-state index in [4.69, 9.17) is 9.98 Å². The lowest BCUT2D eigenvalue weighted by Crippen LogP contribution is -2.27. The van der Waals surface area contributed by atoms with Crippen molar-refractivity contribution >= 4 is 12.4 Å². The van der Waals surface area contributed by atoms with E-state index in [1.165, 1.54) is 0 Å². The fourth-order valence-electron chi connectivity index (χ4n) is 4.54. The van der Waals surface area contributed by atoms with E-state index < -0.39 is 0 Å². The summed E-state index contributed by atoms with van der Waals surface area (Å²) < 4.78 is 0. The fraction of sp³-hybridized carbons (Fsp3) is 0.500. The minimum Gasteiger partial charge on any atom is -0.507 e. The van der Waals surface area contributed by atoms with Gasteiger partial charge in [0.1, 0.15) is 11.5 Å². The SMILES string of the molecule is Cc1cc(C=NC2CCCCC2N=Cc2cc(C)cc(C(C)C)c2O)c(O)c(C(C)C)c1. The number of aromatic hydroxyl groups is 2. The normalized spacial score (nSPS) is 19.6. The minimum atomic E-state index is 0.0823. The van der Waals surface area contributed by atoms with E-state index in [1.807, 2.05) is 36.7 Å². The molecular formula is C28H38N2O2. The topological polar surface area (TPSA) is 65.2 Å². The van der Waals surface area contributed by atoms with Gasteiger partial charge in [0, 0.05) is 23.6 Å². The molecule has 0 bridgehead atoms. The van der Waals surface area contributed by atoms with Crippen molar-refractivity contribution in [2.24, 2.45) is 9.98 Å². The van der Waals surface area contributed by atoms with Gasteiger partial charge in [-0.3, -0.25) is 9.98 Å². The highest BCUT2D eigenvalue weighted by Crippen LogP contribution is 2.32. The maximum Gasteiger partial charge on any atom is 0.127 e. The molecule has 2 unspecified atom stereocenters. The number of rotatable bonds is 6. The molecule has 0 aromatic heterocycles. The first kappa shape index (κ1) is 24.0. The lowest BCUT2D eigenvalue weighted by atomic mass is 9.91. The van der Waals surface area contributed by atoms with E-state index in [-0.39, 0.29) is 23.9 Å². The predicted molar refractivity (Wildman–Crippen MR) is 135 cm³/mol. The molecular weight excluding hydrogens is 396 g/mol. The van der Waals surface area contributed by atoms with Gasteiger partial charge in [-0.2, -0.15) is 0 Å². The highest BCUT2D eigenvalue weighted by molar-refractivity contribution is 5.86. The molecule has 0 heterocycles. The Morgan fingerprint density at radius 2 is 1.09 bits per heavy atom. The van der Waals surface area contributed by atoms with Crippen LogP contribution in [0.4, 0.5) is 0 Å². The van der Waals surface area contributed by atoms with Gasteiger partial charge in [-0.1, -0.05) is 52.7 Å². The van der Waals surface area contributed by atoms with Crippen molar-refractivity contribution in [2.75, 3.05) is 0 Å². The maximum absolute atomic E-state index is 10.7. The molecule has 2 aromatic rings. The summed E-state index contributed by atoms with van der Waals surface area (Å²) in [5.41, 5.74) is 5.73. The number of aryl methyl sites for hydroxylation is 2. The van der Waals surface area contributed by atoms with E-state index in [0.717, 1.165) is 59.1 Å². The molecule has 2 aromatic carbocycles. The zero-order valence-electron chi connectivity index (χ0n) is 20.4. The molecule has 172 valence electrons. The molecule has 1 fully saturated rings. The van der Waals surface area contributed by atoms with Crippen molar-refractivity contribution in [2.45, 2.75) is 91.1 Å². The van der Waals surface area contributed by atoms with Crippen molar-refractivity contribution < 1.29 is 10.2 Å². The molecule has 4 heteroatoms. The third-order valence-electron chi connectivity index (χ3n) is 6.37. The molecule has 4 nitrogen and oxygen atoms in total. The first-order valence-corrected chi connectivity index (χ1v) is 11.9. The monoisotopic (exact) mass is 434 g/mol. The van der Waals surface area contributed by atoms with Gasteiger partial charge in [-0.15, -0.1) is 0 Å². The average Bonchev–Trinajstić information content (AvgIpc) is 2.74. The zero-order valence-corrected chi connectivity index (χ0v) is 20.4. The van der Waals surface area contributed by atoms with Crippen LogP contribution in [-0.4, -0.2) is 34.7 Å². The van der Waals surface area contributed by atoms with Gasteiger partial charge in [-0.05, 0) is 72.9 Å². The van der Waals surface area contributed by atoms with E-state index in [2.05, 4.69) is 41.5 Å². The van der Waals surface area contributed by atoms with Crippen LogP contribution in [0.2, 0.25) is 0 Å². The Hall–Kier alpha value is -2.62. The lowest BCUT2D eigenvalue weighted by Gasteiger charge is -2.25. The quantitative estimate of drug-likeness (QED) is 0.490. The molecule has 0 aliphatic heterocycles. The highest BCUT2D eigenvalue weighted by atomic mass is 16.3. The molecule has 0 spiro atoms. The van der Waals surface area contributed by atoms with Crippen LogP contribution in [0.15, 0.2) is 34.3 Å². The summed E-state index contributed by atoms with van der Waals surface area (Å²) in [6.07, 6.45) is 7.90. The summed E-state index contributed by atoms with van der Waals surface area (Å²) in [4.78, 5) is 9.75. The summed E-state index contributed by atoms with van der Waals surface area (Å²) in [7, 11) is 0. The van der Waals surface area contributed by atoms with Crippen molar-refractivity contribution in [1.82, 2.24) is 0 Å². The van der Waals surface area contributed by atoms with Crippen LogP contribution in [0.25, 0.3) is 0 Å². The van der Waals surface area contributed by atoms with Gasteiger partial charge >= 0.3 is 0 Å². The second-order valence-electron chi connectivity index (χ2n) is 9.87. The highest BCUT2D eigenvalue weighted by Gasteiger charge is 2.24. The van der Waals surface area contributed by atoms with Crippen LogP contribution in [0.5, 0.6) is 11.5 Å². The third-order valence-corrected chi connectivity index (χ3v) is 6.37. The summed E-state index contributed by atoms with van der Waals surface area (Å²) in [5.74, 6) is 1.17. The Morgan fingerprint density at radius 1 is 0.719 bits per heavy atom. The second kappa shape index (κ2) is 10.3. The molecule has 0 radical (unpaired) electrons. The molecule has 2 N–H and O–H groups in total. The third kappa shape index (κ3) is 5.59. The molecule has 0 saturated heterocycles. The molecule has 2 atom stereocenters. The zero-order chi connectivity index (χ0) is 23.4. The molecule has 1 aliphatic rings. The first-order valence-electron chi connectivity index (χ1n) is 11.9. The Balaban J connectivity index is 1.85. The largest absolute Gasteiger partial charge is 0.507 e. The fourth-order valence-corrected chi connectivity index (χ4v) is 4.54. The Morgan fingerprint density at radius 3 is 1.44 bits per heavy atom. The van der Waals surface area contributed by atoms with Crippen molar-refractivity contribution in [3.05, 3.63) is 57.6 Å². The van der Waals surface area contributed by atoms with Gasteiger partial charge in [0.25, 0.3) is 0 Å². The number of phenols is 2. The van der Waals surface area contributed by atoms with Crippen LogP contribution in [-0.2, 0) is 0 Å². The van der Waals surface area contributed by atoms with Crippen LogP contribution in [0.1, 0.15) is 98.6 Å². The number of phenolic OH excluding ortho intramolecular Hbond substituents is 2. The maximum atomic E-state index is 10.7. The van der Waals surface area contributed by atoms with Gasteiger partial charge in [-0.25, -0.2) is 0 Å². The average molecular weight is 435 g/mol. The Labute approximate surface area is 193 Å². The number of nitrogens with zero attached hydrogens (tertiary/aromatic N) is 2. The summed E-state index contributed by atoms with van der Waals surface area (Å²) in [5, 5.41) is 21.4. The van der Waals surface area contributed by atoms with Gasteiger partial charge in [0.15, 0.2) is 0 Å². The van der Waals surface area contributed by atoms with Crippen molar-refractivity contribution in [3.63, 3.8) is 0 Å². The van der Waals surface area contributed by atoms with Gasteiger partial charge < -0.3 is 10.2 Å². The van der Waals surface area contributed by atoms with Gasteiger partial charge in [0.2, 0.25) is 0 Å². The smallest absolute Gasteiger partial charge is 0.127 e. The standard InChI is InChI=1S/C28H38N2O2/c1-17(2)23-13-19(5)11-21(27(23)31)15-29-25-9-7-8-10-26(25)30-16-22-12-20(6)14-24(18(3)4)28(22)32/h11-18,25-26,31-32H,7-10H2,1-6H3.